The highest BCUT2D eigenvalue weighted by molar-refractivity contribution is 5.48. The Morgan fingerprint density at radius 2 is 1.89 bits per heavy atom. The lowest BCUT2D eigenvalue weighted by atomic mass is 9.90. The van der Waals surface area contributed by atoms with Gasteiger partial charge in [0.05, 0.1) is 0 Å². The molecule has 2 N–H and O–H groups in total. The van der Waals surface area contributed by atoms with Crippen LogP contribution < -0.4 is 10.6 Å². The summed E-state index contributed by atoms with van der Waals surface area (Å²) in [6, 6.07) is 9.24. The van der Waals surface area contributed by atoms with Gasteiger partial charge in [-0.15, -0.1) is 0 Å². The van der Waals surface area contributed by atoms with E-state index in [0.29, 0.717) is 6.04 Å². The fourth-order valence-corrected chi connectivity index (χ4v) is 3.40. The van der Waals surface area contributed by atoms with E-state index in [1.165, 1.54) is 49.8 Å². The molecule has 19 heavy (non-hydrogen) atoms. The van der Waals surface area contributed by atoms with Crippen LogP contribution in [0.25, 0.3) is 0 Å². The fourth-order valence-electron chi connectivity index (χ4n) is 3.40. The van der Waals surface area contributed by atoms with Crippen LogP contribution in [0.4, 0.5) is 5.69 Å². The average molecular weight is 260 g/mol. The number of hydrogen-bond donors (Lipinski definition) is 1. The van der Waals surface area contributed by atoms with Crippen molar-refractivity contribution in [2.75, 3.05) is 18.5 Å². The zero-order valence-electron chi connectivity index (χ0n) is 12.4. The summed E-state index contributed by atoms with van der Waals surface area (Å²) in [5.41, 5.74) is 8.71. The Hall–Kier alpha value is -1.02. The third kappa shape index (κ3) is 3.73. The molecule has 0 heterocycles. The van der Waals surface area contributed by atoms with Crippen LogP contribution in [0.2, 0.25) is 0 Å². The molecule has 1 saturated carbocycles. The van der Waals surface area contributed by atoms with Crippen molar-refractivity contribution in [3.05, 3.63) is 29.8 Å². The van der Waals surface area contributed by atoms with Gasteiger partial charge >= 0.3 is 0 Å². The summed E-state index contributed by atoms with van der Waals surface area (Å²) < 4.78 is 0. The monoisotopic (exact) mass is 260 g/mol. The predicted octanol–water partition coefficient (Wildman–Crippen LogP) is 3.73. The molecule has 1 fully saturated rings. The minimum atomic E-state index is 0.486. The number of likely N-dealkylation sites (N-methyl/N-ethyl adjacent to an activating group) is 1. The van der Waals surface area contributed by atoms with Crippen molar-refractivity contribution in [2.24, 2.45) is 11.7 Å². The molecule has 1 aromatic carbocycles. The van der Waals surface area contributed by atoms with E-state index in [2.05, 4.69) is 43.1 Å². The first-order valence-corrected chi connectivity index (χ1v) is 7.72. The summed E-state index contributed by atoms with van der Waals surface area (Å²) in [5.74, 6) is 0.762. The minimum absolute atomic E-state index is 0.486. The molecule has 0 saturated heterocycles. The predicted molar refractivity (Wildman–Crippen MR) is 83.6 cm³/mol. The zero-order chi connectivity index (χ0) is 13.7. The Morgan fingerprint density at radius 1 is 1.21 bits per heavy atom. The topological polar surface area (TPSA) is 29.3 Å². The van der Waals surface area contributed by atoms with Crippen molar-refractivity contribution in [1.29, 1.82) is 0 Å². The van der Waals surface area contributed by atoms with E-state index in [-0.39, 0.29) is 0 Å². The molecule has 1 aromatic rings. The van der Waals surface area contributed by atoms with Crippen molar-refractivity contribution in [3.8, 4) is 0 Å². The highest BCUT2D eigenvalue weighted by Gasteiger charge is 2.25. The summed E-state index contributed by atoms with van der Waals surface area (Å²) in [7, 11) is 2.21. The molecule has 2 rings (SSSR count). The third-order valence-corrected chi connectivity index (χ3v) is 4.59. The van der Waals surface area contributed by atoms with Gasteiger partial charge in [-0.25, -0.2) is 0 Å². The maximum absolute atomic E-state index is 6.09. The summed E-state index contributed by atoms with van der Waals surface area (Å²) in [4.78, 5) is 2.41. The van der Waals surface area contributed by atoms with Gasteiger partial charge in [0.25, 0.3) is 0 Å². The molecule has 0 amide bonds. The molecule has 1 aliphatic rings. The molecule has 0 bridgehead atoms. The van der Waals surface area contributed by atoms with Gasteiger partial charge in [-0.1, -0.05) is 37.8 Å². The van der Waals surface area contributed by atoms with Gasteiger partial charge in [0, 0.05) is 25.3 Å². The standard InChI is InChI=1S/C17H28N2/c1-14-8-7-11-16(12-14)19(2)17(13-18)15-9-5-3-4-6-10-15/h7-8,11-12,15,17H,3-6,9-10,13,18H2,1-2H3. The maximum Gasteiger partial charge on any atom is 0.0437 e. The molecule has 2 heteroatoms. The van der Waals surface area contributed by atoms with Crippen LogP contribution >= 0.6 is 0 Å². The Bertz CT molecular complexity index is 381. The van der Waals surface area contributed by atoms with Gasteiger partial charge in [0.2, 0.25) is 0 Å². The van der Waals surface area contributed by atoms with E-state index in [1.54, 1.807) is 0 Å². The maximum atomic E-state index is 6.09. The van der Waals surface area contributed by atoms with Crippen LogP contribution in [-0.2, 0) is 0 Å². The van der Waals surface area contributed by atoms with Crippen LogP contribution in [0.3, 0.4) is 0 Å². The van der Waals surface area contributed by atoms with Crippen molar-refractivity contribution in [1.82, 2.24) is 0 Å². The lowest BCUT2D eigenvalue weighted by Gasteiger charge is -2.35. The minimum Gasteiger partial charge on any atom is -0.370 e. The number of benzene rings is 1. The molecular formula is C17H28N2. The van der Waals surface area contributed by atoms with Crippen molar-refractivity contribution in [3.63, 3.8) is 0 Å². The quantitative estimate of drug-likeness (QED) is 0.836. The second-order valence-electron chi connectivity index (χ2n) is 6.00. The Morgan fingerprint density at radius 3 is 2.47 bits per heavy atom. The molecule has 0 spiro atoms. The fraction of sp³-hybridized carbons (Fsp3) is 0.647. The van der Waals surface area contributed by atoms with Gasteiger partial charge in [-0.05, 0) is 43.4 Å². The lowest BCUT2D eigenvalue weighted by molar-refractivity contribution is 0.369. The SMILES string of the molecule is Cc1cccc(N(C)C(CN)C2CCCCCC2)c1. The molecule has 1 atom stereocenters. The van der Waals surface area contributed by atoms with E-state index < -0.39 is 0 Å². The second kappa shape index (κ2) is 6.95. The first-order valence-electron chi connectivity index (χ1n) is 7.72. The first-order chi connectivity index (χ1) is 9.22. The Labute approximate surface area is 118 Å². The van der Waals surface area contributed by atoms with Gasteiger partial charge in [-0.2, -0.15) is 0 Å². The average Bonchev–Trinajstić information content (AvgIpc) is 2.69. The van der Waals surface area contributed by atoms with Gasteiger partial charge < -0.3 is 10.6 Å². The van der Waals surface area contributed by atoms with Crippen molar-refractivity contribution in [2.45, 2.75) is 51.5 Å². The molecular weight excluding hydrogens is 232 g/mol. The first kappa shape index (κ1) is 14.4. The van der Waals surface area contributed by atoms with E-state index in [9.17, 15) is 0 Å². The summed E-state index contributed by atoms with van der Waals surface area (Å²) in [6.07, 6.45) is 8.26. The summed E-state index contributed by atoms with van der Waals surface area (Å²) in [6.45, 7) is 2.91. The highest BCUT2D eigenvalue weighted by atomic mass is 15.1. The molecule has 1 aliphatic carbocycles. The van der Waals surface area contributed by atoms with Crippen LogP contribution in [0.15, 0.2) is 24.3 Å². The molecule has 1 unspecified atom stereocenters. The normalized spacial score (nSPS) is 18.9. The number of nitrogens with zero attached hydrogens (tertiary/aromatic N) is 1. The third-order valence-electron chi connectivity index (χ3n) is 4.59. The molecule has 0 radical (unpaired) electrons. The number of hydrogen-bond acceptors (Lipinski definition) is 2. The lowest BCUT2D eigenvalue weighted by Crippen LogP contribution is -2.43. The molecule has 0 aliphatic heterocycles. The van der Waals surface area contributed by atoms with E-state index in [0.717, 1.165) is 12.5 Å². The number of aryl methyl sites for hydroxylation is 1. The number of rotatable bonds is 4. The van der Waals surface area contributed by atoms with Crippen LogP contribution in [0, 0.1) is 12.8 Å². The number of nitrogens with two attached hydrogens (primary N) is 1. The van der Waals surface area contributed by atoms with E-state index >= 15 is 0 Å². The van der Waals surface area contributed by atoms with E-state index in [4.69, 9.17) is 5.73 Å². The highest BCUT2D eigenvalue weighted by Crippen LogP contribution is 2.29. The summed E-state index contributed by atoms with van der Waals surface area (Å²) >= 11 is 0. The van der Waals surface area contributed by atoms with Crippen LogP contribution in [0.1, 0.15) is 44.1 Å². The Kier molecular flexibility index (Phi) is 5.26. The summed E-state index contributed by atoms with van der Waals surface area (Å²) in [5, 5.41) is 0. The van der Waals surface area contributed by atoms with Gasteiger partial charge in [0.1, 0.15) is 0 Å². The Balaban J connectivity index is 2.11. The zero-order valence-corrected chi connectivity index (χ0v) is 12.4. The van der Waals surface area contributed by atoms with Crippen LogP contribution in [-0.4, -0.2) is 19.6 Å². The molecule has 106 valence electrons. The van der Waals surface area contributed by atoms with E-state index in [1.807, 2.05) is 0 Å². The molecule has 2 nitrogen and oxygen atoms in total. The van der Waals surface area contributed by atoms with Crippen molar-refractivity contribution >= 4 is 5.69 Å². The van der Waals surface area contributed by atoms with Crippen molar-refractivity contribution < 1.29 is 0 Å². The smallest absolute Gasteiger partial charge is 0.0437 e. The number of anilines is 1. The molecule has 0 aromatic heterocycles. The van der Waals surface area contributed by atoms with Gasteiger partial charge in [-0.3, -0.25) is 0 Å². The largest absolute Gasteiger partial charge is 0.370 e. The van der Waals surface area contributed by atoms with Crippen LogP contribution in [0.5, 0.6) is 0 Å². The second-order valence-corrected chi connectivity index (χ2v) is 6.00. The van der Waals surface area contributed by atoms with Gasteiger partial charge in [0.15, 0.2) is 0 Å².